The molecule has 0 amide bonds. The lowest BCUT2D eigenvalue weighted by atomic mass is 10.1. The Morgan fingerprint density at radius 3 is 2.52 bits per heavy atom. The van der Waals surface area contributed by atoms with Crippen LogP contribution in [0.4, 0.5) is 8.78 Å². The first-order chi connectivity index (χ1) is 10.0. The number of carbonyl (C=O) groups is 1. The molecule has 0 saturated carbocycles. The van der Waals surface area contributed by atoms with Crippen molar-refractivity contribution < 1.29 is 23.4 Å². The van der Waals surface area contributed by atoms with E-state index < -0.39 is 17.6 Å². The Morgan fingerprint density at radius 1 is 1.19 bits per heavy atom. The molecule has 0 unspecified atom stereocenters. The Balaban J connectivity index is 2.25. The Morgan fingerprint density at radius 2 is 1.86 bits per heavy atom. The second kappa shape index (κ2) is 6.01. The number of carboxylic acid groups (broad SMARTS) is 1. The number of benzene rings is 2. The number of nitrogens with zero attached hydrogens (tertiary/aromatic N) is 1. The number of ether oxygens (including phenoxy) is 1. The number of rotatable bonds is 4. The highest BCUT2D eigenvalue weighted by molar-refractivity contribution is 5.90. The van der Waals surface area contributed by atoms with E-state index in [4.69, 9.17) is 15.1 Å². The van der Waals surface area contributed by atoms with E-state index in [0.29, 0.717) is 5.56 Å². The molecule has 0 aromatic heterocycles. The molecule has 6 heteroatoms. The van der Waals surface area contributed by atoms with E-state index in [1.807, 2.05) is 6.07 Å². The van der Waals surface area contributed by atoms with Gasteiger partial charge in [0.05, 0.1) is 11.6 Å². The molecule has 2 aromatic carbocycles. The van der Waals surface area contributed by atoms with Gasteiger partial charge < -0.3 is 9.84 Å². The lowest BCUT2D eigenvalue weighted by Crippen LogP contribution is -2.05. The van der Waals surface area contributed by atoms with Gasteiger partial charge in [-0.25, -0.2) is 13.6 Å². The molecular formula is C15H9F2NO3. The number of aromatic carboxylic acids is 1. The maximum absolute atomic E-state index is 13.0. The average molecular weight is 289 g/mol. The number of halogens is 2. The smallest absolute Gasteiger partial charge is 0.339 e. The van der Waals surface area contributed by atoms with E-state index in [9.17, 15) is 13.6 Å². The van der Waals surface area contributed by atoms with Crippen LogP contribution in [0.2, 0.25) is 0 Å². The molecule has 0 radical (unpaired) electrons. The monoisotopic (exact) mass is 289 g/mol. The summed E-state index contributed by atoms with van der Waals surface area (Å²) in [4.78, 5) is 11.0. The molecule has 0 spiro atoms. The van der Waals surface area contributed by atoms with Gasteiger partial charge in [0.1, 0.15) is 29.6 Å². The van der Waals surface area contributed by atoms with Gasteiger partial charge in [-0.1, -0.05) is 6.07 Å². The van der Waals surface area contributed by atoms with Gasteiger partial charge >= 0.3 is 5.97 Å². The first kappa shape index (κ1) is 14.5. The largest absolute Gasteiger partial charge is 0.488 e. The van der Waals surface area contributed by atoms with Crippen LogP contribution in [0.5, 0.6) is 5.75 Å². The zero-order valence-electron chi connectivity index (χ0n) is 10.6. The van der Waals surface area contributed by atoms with Gasteiger partial charge in [0.25, 0.3) is 0 Å². The summed E-state index contributed by atoms with van der Waals surface area (Å²) in [6.45, 7) is -0.130. The van der Waals surface area contributed by atoms with E-state index in [1.54, 1.807) is 0 Å². The van der Waals surface area contributed by atoms with Crippen molar-refractivity contribution in [2.24, 2.45) is 0 Å². The van der Waals surface area contributed by atoms with Crippen molar-refractivity contribution in [2.45, 2.75) is 6.61 Å². The average Bonchev–Trinajstić information content (AvgIpc) is 2.46. The van der Waals surface area contributed by atoms with Crippen LogP contribution < -0.4 is 4.74 Å². The fourth-order valence-electron chi connectivity index (χ4n) is 1.73. The van der Waals surface area contributed by atoms with Crippen LogP contribution >= 0.6 is 0 Å². The summed E-state index contributed by atoms with van der Waals surface area (Å²) in [5.41, 5.74) is 0.171. The molecule has 4 nitrogen and oxygen atoms in total. The summed E-state index contributed by atoms with van der Waals surface area (Å²) < 4.78 is 31.3. The molecule has 0 heterocycles. The third-order valence-corrected chi connectivity index (χ3v) is 2.75. The van der Waals surface area contributed by atoms with Crippen LogP contribution in [0.25, 0.3) is 0 Å². The second-order valence-electron chi connectivity index (χ2n) is 4.15. The van der Waals surface area contributed by atoms with Crippen LogP contribution in [0, 0.1) is 23.0 Å². The molecule has 0 aliphatic heterocycles. The third kappa shape index (κ3) is 3.34. The van der Waals surface area contributed by atoms with E-state index >= 15 is 0 Å². The molecule has 0 atom stereocenters. The van der Waals surface area contributed by atoms with Gasteiger partial charge in [0.15, 0.2) is 0 Å². The molecule has 2 aromatic rings. The first-order valence-electron chi connectivity index (χ1n) is 5.85. The highest BCUT2D eigenvalue weighted by Gasteiger charge is 2.13. The fourth-order valence-corrected chi connectivity index (χ4v) is 1.73. The summed E-state index contributed by atoms with van der Waals surface area (Å²) in [7, 11) is 0. The second-order valence-corrected chi connectivity index (χ2v) is 4.15. The molecule has 2 rings (SSSR count). The Hall–Kier alpha value is -2.94. The molecule has 0 aliphatic carbocycles. The SMILES string of the molecule is N#Cc1cc(F)ccc1COc1ccc(F)cc1C(=O)O. The van der Waals surface area contributed by atoms with Gasteiger partial charge in [-0.3, -0.25) is 0 Å². The maximum atomic E-state index is 13.0. The Bertz CT molecular complexity index is 738. The minimum Gasteiger partial charge on any atom is -0.488 e. The van der Waals surface area contributed by atoms with Crippen LogP contribution in [0.3, 0.4) is 0 Å². The topological polar surface area (TPSA) is 70.3 Å². The standard InChI is InChI=1S/C15H9F2NO3/c16-11-2-1-9(10(5-11)7-18)8-21-14-4-3-12(17)6-13(14)15(19)20/h1-6H,8H2,(H,19,20). The molecule has 0 aliphatic rings. The lowest BCUT2D eigenvalue weighted by molar-refractivity contribution is 0.0691. The van der Waals surface area contributed by atoms with Gasteiger partial charge in [0.2, 0.25) is 0 Å². The summed E-state index contributed by atoms with van der Waals surface area (Å²) in [5, 5.41) is 17.9. The predicted octanol–water partition coefficient (Wildman–Crippen LogP) is 3.11. The molecular weight excluding hydrogens is 280 g/mol. The number of hydrogen-bond acceptors (Lipinski definition) is 3. The van der Waals surface area contributed by atoms with Crippen molar-refractivity contribution >= 4 is 5.97 Å². The molecule has 0 saturated heterocycles. The van der Waals surface area contributed by atoms with E-state index in [1.165, 1.54) is 18.2 Å². The first-order valence-corrected chi connectivity index (χ1v) is 5.85. The molecule has 1 N–H and O–H groups in total. The minimum absolute atomic E-state index is 0.0304. The summed E-state index contributed by atoms with van der Waals surface area (Å²) in [5.74, 6) is -2.61. The predicted molar refractivity (Wildman–Crippen MR) is 68.8 cm³/mol. The van der Waals surface area contributed by atoms with E-state index in [0.717, 1.165) is 18.2 Å². The van der Waals surface area contributed by atoms with Crippen molar-refractivity contribution in [1.82, 2.24) is 0 Å². The normalized spacial score (nSPS) is 9.95. The summed E-state index contributed by atoms with van der Waals surface area (Å²) in [6.07, 6.45) is 0. The zero-order chi connectivity index (χ0) is 15.4. The highest BCUT2D eigenvalue weighted by Crippen LogP contribution is 2.22. The van der Waals surface area contributed by atoms with Crippen LogP contribution in [0.1, 0.15) is 21.5 Å². The highest BCUT2D eigenvalue weighted by atomic mass is 19.1. The van der Waals surface area contributed by atoms with Crippen LogP contribution in [-0.2, 0) is 6.61 Å². The number of nitriles is 1. The molecule has 0 fully saturated rings. The summed E-state index contributed by atoms with van der Waals surface area (Å²) >= 11 is 0. The lowest BCUT2D eigenvalue weighted by Gasteiger charge is -2.10. The number of carboxylic acids is 1. The van der Waals surface area contributed by atoms with Gasteiger partial charge in [0, 0.05) is 5.56 Å². The third-order valence-electron chi connectivity index (χ3n) is 2.75. The van der Waals surface area contributed by atoms with Crippen molar-refractivity contribution in [1.29, 1.82) is 5.26 Å². The van der Waals surface area contributed by atoms with Crippen LogP contribution in [0.15, 0.2) is 36.4 Å². The van der Waals surface area contributed by atoms with Gasteiger partial charge in [-0.15, -0.1) is 0 Å². The van der Waals surface area contributed by atoms with E-state index in [-0.39, 0.29) is 23.5 Å². The minimum atomic E-state index is -1.33. The Kier molecular flexibility index (Phi) is 4.14. The Labute approximate surface area is 118 Å². The maximum Gasteiger partial charge on any atom is 0.339 e. The zero-order valence-corrected chi connectivity index (χ0v) is 10.6. The number of hydrogen-bond donors (Lipinski definition) is 1. The fraction of sp³-hybridized carbons (Fsp3) is 0.0667. The van der Waals surface area contributed by atoms with Crippen molar-refractivity contribution in [3.8, 4) is 11.8 Å². The van der Waals surface area contributed by atoms with Crippen molar-refractivity contribution in [3.05, 3.63) is 64.7 Å². The summed E-state index contributed by atoms with van der Waals surface area (Å²) in [6, 6.07) is 8.52. The van der Waals surface area contributed by atoms with Gasteiger partial charge in [-0.2, -0.15) is 5.26 Å². The molecule has 0 bridgehead atoms. The van der Waals surface area contributed by atoms with Gasteiger partial charge in [-0.05, 0) is 30.3 Å². The van der Waals surface area contributed by atoms with E-state index in [2.05, 4.69) is 0 Å². The van der Waals surface area contributed by atoms with Crippen molar-refractivity contribution in [2.75, 3.05) is 0 Å². The quantitative estimate of drug-likeness (QED) is 0.938. The van der Waals surface area contributed by atoms with Crippen LogP contribution in [-0.4, -0.2) is 11.1 Å². The molecule has 21 heavy (non-hydrogen) atoms. The molecule has 106 valence electrons. The van der Waals surface area contributed by atoms with Crippen molar-refractivity contribution in [3.63, 3.8) is 0 Å².